The lowest BCUT2D eigenvalue weighted by molar-refractivity contribution is 0.0376. The number of methoxy groups -OCH3 is 2. The number of rotatable bonds is 8. The van der Waals surface area contributed by atoms with Gasteiger partial charge in [0.05, 0.1) is 43.2 Å². The lowest BCUT2D eigenvalue weighted by Crippen LogP contribution is -2.39. The molecule has 33 heavy (non-hydrogen) atoms. The zero-order chi connectivity index (χ0) is 22.5. The Morgan fingerprint density at radius 3 is 2.70 bits per heavy atom. The monoisotopic (exact) mass is 511 g/mol. The summed E-state index contributed by atoms with van der Waals surface area (Å²) in [6.45, 7) is 4.75. The van der Waals surface area contributed by atoms with Crippen molar-refractivity contribution in [2.75, 3.05) is 58.5 Å². The third-order valence-corrected chi connectivity index (χ3v) is 6.71. The number of thiazole rings is 1. The molecule has 0 spiro atoms. The van der Waals surface area contributed by atoms with E-state index in [1.165, 1.54) is 11.3 Å². The first kappa shape index (κ1) is 25.5. The van der Waals surface area contributed by atoms with Gasteiger partial charge in [0.15, 0.2) is 5.13 Å². The van der Waals surface area contributed by atoms with E-state index in [1.807, 2.05) is 18.2 Å². The molecule has 0 saturated carbocycles. The number of anilines is 1. The third-order valence-electron chi connectivity index (χ3n) is 5.41. The van der Waals surface area contributed by atoms with Crippen molar-refractivity contribution in [2.24, 2.45) is 0 Å². The predicted molar refractivity (Wildman–Crippen MR) is 135 cm³/mol. The Kier molecular flexibility index (Phi) is 9.17. The lowest BCUT2D eigenvalue weighted by atomic mass is 10.1. The van der Waals surface area contributed by atoms with E-state index in [9.17, 15) is 4.79 Å². The van der Waals surface area contributed by atoms with E-state index in [0.29, 0.717) is 28.0 Å². The predicted octanol–water partition coefficient (Wildman–Crippen LogP) is 4.76. The van der Waals surface area contributed by atoms with Crippen LogP contribution < -0.4 is 14.4 Å². The molecule has 7 nitrogen and oxygen atoms in total. The highest BCUT2D eigenvalue weighted by atomic mass is 35.5. The first-order chi connectivity index (χ1) is 15.6. The number of aromatic nitrogens is 1. The number of halogens is 2. The van der Waals surface area contributed by atoms with Crippen molar-refractivity contribution < 1.29 is 19.0 Å². The van der Waals surface area contributed by atoms with Crippen molar-refractivity contribution in [2.45, 2.75) is 6.42 Å². The summed E-state index contributed by atoms with van der Waals surface area (Å²) in [6, 6.07) is 10.8. The van der Waals surface area contributed by atoms with Gasteiger partial charge in [-0.25, -0.2) is 4.98 Å². The van der Waals surface area contributed by atoms with Crippen LogP contribution in [0.2, 0.25) is 5.02 Å². The number of carbonyl (C=O) groups is 1. The fraction of sp³-hybridized carbons (Fsp3) is 0.391. The summed E-state index contributed by atoms with van der Waals surface area (Å²) < 4.78 is 17.2. The highest BCUT2D eigenvalue weighted by molar-refractivity contribution is 7.22. The number of amides is 1. The molecule has 1 aromatic heterocycles. The number of hydrogen-bond donors (Lipinski definition) is 0. The van der Waals surface area contributed by atoms with Crippen LogP contribution in [0, 0.1) is 0 Å². The van der Waals surface area contributed by atoms with Gasteiger partial charge in [-0.2, -0.15) is 0 Å². The topological polar surface area (TPSA) is 64.1 Å². The zero-order valence-electron chi connectivity index (χ0n) is 18.6. The molecule has 1 saturated heterocycles. The number of morpholine rings is 1. The SMILES string of the molecule is COc1ccc2sc(N(CCCN3CCOCC3)C(=O)c3cc(Cl)ccc3OC)nc2c1.Cl. The summed E-state index contributed by atoms with van der Waals surface area (Å²) in [5, 5.41) is 1.12. The standard InChI is InChI=1S/C23H26ClN3O4S.ClH/c1-29-17-5-7-21-19(15-17)25-23(32-21)27(9-3-8-26-10-12-31-13-11-26)22(28)18-14-16(24)4-6-20(18)30-2;/h4-7,14-15H,3,8-13H2,1-2H3;1H. The number of ether oxygens (including phenoxy) is 3. The van der Waals surface area contributed by atoms with E-state index in [0.717, 1.165) is 55.2 Å². The van der Waals surface area contributed by atoms with Crippen LogP contribution in [-0.2, 0) is 4.74 Å². The molecule has 3 aromatic rings. The van der Waals surface area contributed by atoms with Crippen LogP contribution in [0.3, 0.4) is 0 Å². The van der Waals surface area contributed by atoms with Crippen LogP contribution in [0.4, 0.5) is 5.13 Å². The van der Waals surface area contributed by atoms with Crippen molar-refractivity contribution in [3.8, 4) is 11.5 Å². The zero-order valence-corrected chi connectivity index (χ0v) is 21.0. The van der Waals surface area contributed by atoms with Crippen molar-refractivity contribution in [3.05, 3.63) is 47.0 Å². The molecule has 1 fully saturated rings. The van der Waals surface area contributed by atoms with Crippen molar-refractivity contribution >= 4 is 56.6 Å². The second-order valence-electron chi connectivity index (χ2n) is 7.44. The molecule has 178 valence electrons. The maximum absolute atomic E-state index is 13.7. The molecule has 0 atom stereocenters. The number of fused-ring (bicyclic) bond motifs is 1. The normalized spacial score (nSPS) is 14.0. The number of benzene rings is 2. The van der Waals surface area contributed by atoms with Gasteiger partial charge >= 0.3 is 0 Å². The summed E-state index contributed by atoms with van der Waals surface area (Å²) in [6.07, 6.45) is 0.813. The van der Waals surface area contributed by atoms with Gasteiger partial charge in [0.1, 0.15) is 11.5 Å². The number of hydrogen-bond acceptors (Lipinski definition) is 7. The molecule has 0 aliphatic carbocycles. The maximum Gasteiger partial charge on any atom is 0.263 e. The average Bonchev–Trinajstić information content (AvgIpc) is 3.25. The Morgan fingerprint density at radius 2 is 1.97 bits per heavy atom. The molecule has 1 amide bonds. The van der Waals surface area contributed by atoms with Gasteiger partial charge in [-0.15, -0.1) is 12.4 Å². The Morgan fingerprint density at radius 1 is 1.18 bits per heavy atom. The van der Waals surface area contributed by atoms with Gasteiger partial charge in [-0.1, -0.05) is 22.9 Å². The summed E-state index contributed by atoms with van der Waals surface area (Å²) in [7, 11) is 3.17. The second kappa shape index (κ2) is 11.9. The Hall–Kier alpha value is -2.10. The molecular weight excluding hydrogens is 485 g/mol. The lowest BCUT2D eigenvalue weighted by Gasteiger charge is -2.28. The van der Waals surface area contributed by atoms with Gasteiger partial charge in [-0.3, -0.25) is 14.6 Å². The van der Waals surface area contributed by atoms with Gasteiger partial charge in [0.2, 0.25) is 0 Å². The summed E-state index contributed by atoms with van der Waals surface area (Å²) in [5.74, 6) is 1.04. The molecule has 1 aliphatic heterocycles. The molecule has 2 aromatic carbocycles. The highest BCUT2D eigenvalue weighted by Gasteiger charge is 2.25. The van der Waals surface area contributed by atoms with Gasteiger partial charge < -0.3 is 14.2 Å². The first-order valence-electron chi connectivity index (χ1n) is 10.5. The molecular formula is C23H27Cl2N3O4S. The van der Waals surface area contributed by atoms with Crippen LogP contribution in [0.15, 0.2) is 36.4 Å². The second-order valence-corrected chi connectivity index (χ2v) is 8.88. The van der Waals surface area contributed by atoms with Crippen LogP contribution in [0.1, 0.15) is 16.8 Å². The fourth-order valence-corrected chi connectivity index (χ4v) is 4.83. The fourth-order valence-electron chi connectivity index (χ4n) is 3.69. The van der Waals surface area contributed by atoms with Gasteiger partial charge in [0.25, 0.3) is 5.91 Å². The Bertz CT molecular complexity index is 1090. The van der Waals surface area contributed by atoms with E-state index < -0.39 is 0 Å². The molecule has 0 N–H and O–H groups in total. The highest BCUT2D eigenvalue weighted by Crippen LogP contribution is 2.33. The third kappa shape index (κ3) is 6.07. The minimum absolute atomic E-state index is 0. The molecule has 1 aliphatic rings. The Balaban J connectivity index is 0.00000306. The molecule has 0 bridgehead atoms. The molecule has 2 heterocycles. The van der Waals surface area contributed by atoms with Gasteiger partial charge in [0, 0.05) is 37.3 Å². The number of carbonyl (C=O) groups excluding carboxylic acids is 1. The molecule has 10 heteroatoms. The molecule has 0 radical (unpaired) electrons. The maximum atomic E-state index is 13.7. The summed E-state index contributed by atoms with van der Waals surface area (Å²) >= 11 is 7.68. The van der Waals surface area contributed by atoms with Crippen molar-refractivity contribution in [1.29, 1.82) is 0 Å². The van der Waals surface area contributed by atoms with E-state index in [2.05, 4.69) is 4.90 Å². The van der Waals surface area contributed by atoms with Crippen LogP contribution in [0.25, 0.3) is 10.2 Å². The van der Waals surface area contributed by atoms with Crippen LogP contribution >= 0.6 is 35.3 Å². The minimum Gasteiger partial charge on any atom is -0.497 e. The minimum atomic E-state index is -0.183. The van der Waals surface area contributed by atoms with E-state index in [4.69, 9.17) is 30.8 Å². The van der Waals surface area contributed by atoms with Crippen molar-refractivity contribution in [3.63, 3.8) is 0 Å². The number of nitrogens with zero attached hydrogens (tertiary/aromatic N) is 3. The van der Waals surface area contributed by atoms with Gasteiger partial charge in [-0.05, 0) is 36.8 Å². The van der Waals surface area contributed by atoms with Crippen LogP contribution in [-0.4, -0.2) is 69.4 Å². The van der Waals surface area contributed by atoms with E-state index in [1.54, 1.807) is 37.3 Å². The van der Waals surface area contributed by atoms with Crippen LogP contribution in [0.5, 0.6) is 11.5 Å². The van der Waals surface area contributed by atoms with Crippen molar-refractivity contribution in [1.82, 2.24) is 9.88 Å². The molecule has 4 rings (SSSR count). The van der Waals surface area contributed by atoms with E-state index in [-0.39, 0.29) is 18.3 Å². The molecule has 0 unspecified atom stereocenters. The first-order valence-corrected chi connectivity index (χ1v) is 11.7. The summed E-state index contributed by atoms with van der Waals surface area (Å²) in [4.78, 5) is 22.5. The summed E-state index contributed by atoms with van der Waals surface area (Å²) in [5.41, 5.74) is 1.22. The quantitative estimate of drug-likeness (QED) is 0.434. The largest absolute Gasteiger partial charge is 0.497 e. The average molecular weight is 512 g/mol. The Labute approximate surface area is 208 Å². The smallest absolute Gasteiger partial charge is 0.263 e. The van der Waals surface area contributed by atoms with E-state index >= 15 is 0 Å².